The third-order valence-corrected chi connectivity index (χ3v) is 4.60. The highest BCUT2D eigenvalue weighted by atomic mass is 35.5. The molecule has 0 saturated carbocycles. The molecule has 0 bridgehead atoms. The van der Waals surface area contributed by atoms with Crippen LogP contribution in [0.1, 0.15) is 56.8 Å². The van der Waals surface area contributed by atoms with Gasteiger partial charge in [0.15, 0.2) is 0 Å². The summed E-state index contributed by atoms with van der Waals surface area (Å²) in [5.41, 5.74) is 3.56. The summed E-state index contributed by atoms with van der Waals surface area (Å²) in [6.07, 6.45) is 1.09. The Balaban J connectivity index is 1.90. The topological polar surface area (TPSA) is 29.1 Å². The molecule has 1 N–H and O–H groups in total. The summed E-state index contributed by atoms with van der Waals surface area (Å²) in [7, 11) is 0. The number of benzene rings is 2. The molecule has 0 unspecified atom stereocenters. The molecule has 0 aromatic heterocycles. The number of carbonyl (C=O) groups excluding carboxylic acids is 1. The van der Waals surface area contributed by atoms with E-state index in [0.29, 0.717) is 12.8 Å². The first-order valence-corrected chi connectivity index (χ1v) is 8.78. The molecule has 0 heterocycles. The predicted molar refractivity (Wildman–Crippen MR) is 101 cm³/mol. The van der Waals surface area contributed by atoms with E-state index in [0.717, 1.165) is 16.1 Å². The van der Waals surface area contributed by atoms with Crippen molar-refractivity contribution in [2.45, 2.75) is 52.0 Å². The minimum atomic E-state index is -0.00207. The molecule has 0 radical (unpaired) electrons. The smallest absolute Gasteiger partial charge is 0.220 e. The molecule has 2 aromatic carbocycles. The largest absolute Gasteiger partial charge is 0.350 e. The predicted octanol–water partition coefficient (Wildman–Crippen LogP) is 5.45. The van der Waals surface area contributed by atoms with Crippen molar-refractivity contribution in [3.8, 4) is 0 Å². The van der Waals surface area contributed by atoms with Crippen molar-refractivity contribution in [3.05, 3.63) is 70.2 Å². The molecule has 3 heteroatoms. The fourth-order valence-electron chi connectivity index (χ4n) is 2.62. The molecular formula is C21H26ClNO. The van der Waals surface area contributed by atoms with Gasteiger partial charge in [-0.25, -0.2) is 0 Å². The molecule has 2 rings (SSSR count). The van der Waals surface area contributed by atoms with Gasteiger partial charge < -0.3 is 5.32 Å². The lowest BCUT2D eigenvalue weighted by Crippen LogP contribution is -2.27. The highest BCUT2D eigenvalue weighted by molar-refractivity contribution is 6.31. The van der Waals surface area contributed by atoms with Crippen molar-refractivity contribution < 1.29 is 4.79 Å². The number of hydrogen-bond donors (Lipinski definition) is 1. The molecule has 24 heavy (non-hydrogen) atoms. The van der Waals surface area contributed by atoms with Gasteiger partial charge in [-0.15, -0.1) is 0 Å². The Bertz CT molecular complexity index is 686. The zero-order valence-corrected chi connectivity index (χ0v) is 15.7. The maximum absolute atomic E-state index is 12.2. The van der Waals surface area contributed by atoms with Crippen LogP contribution >= 0.6 is 11.6 Å². The number of hydrogen-bond acceptors (Lipinski definition) is 1. The van der Waals surface area contributed by atoms with Gasteiger partial charge in [-0.05, 0) is 41.5 Å². The molecular weight excluding hydrogens is 318 g/mol. The second-order valence-corrected chi connectivity index (χ2v) is 7.66. The Kier molecular flexibility index (Phi) is 6.06. The normalized spacial score (nSPS) is 12.7. The van der Waals surface area contributed by atoms with Crippen LogP contribution in [-0.4, -0.2) is 5.91 Å². The second kappa shape index (κ2) is 7.85. The van der Waals surface area contributed by atoms with Gasteiger partial charge in [0.05, 0.1) is 6.04 Å². The number of nitrogens with one attached hydrogen (secondary N) is 1. The SMILES string of the molecule is C[C@@H](NC(=O)CCc1ccccc1Cl)c1ccc(C(C)(C)C)cc1. The van der Waals surface area contributed by atoms with E-state index in [1.165, 1.54) is 5.56 Å². The van der Waals surface area contributed by atoms with Crippen molar-refractivity contribution >= 4 is 17.5 Å². The summed E-state index contributed by atoms with van der Waals surface area (Å²) in [5, 5.41) is 3.78. The maximum atomic E-state index is 12.2. The molecule has 128 valence electrons. The lowest BCUT2D eigenvalue weighted by Gasteiger charge is -2.20. The van der Waals surface area contributed by atoms with Crippen molar-refractivity contribution in [3.63, 3.8) is 0 Å². The second-order valence-electron chi connectivity index (χ2n) is 7.25. The molecule has 0 aliphatic carbocycles. The lowest BCUT2D eigenvalue weighted by atomic mass is 9.86. The van der Waals surface area contributed by atoms with Crippen molar-refractivity contribution in [1.29, 1.82) is 0 Å². The Labute approximate surface area is 150 Å². The maximum Gasteiger partial charge on any atom is 0.220 e. The lowest BCUT2D eigenvalue weighted by molar-refractivity contribution is -0.121. The summed E-state index contributed by atoms with van der Waals surface area (Å²) in [5.74, 6) is 0.0438. The standard InChI is InChI=1S/C21H26ClNO/c1-15(16-9-12-18(13-10-16)21(2,3)4)23-20(24)14-11-17-7-5-6-8-19(17)22/h5-10,12-13,15H,11,14H2,1-4H3,(H,23,24)/t15-/m1/s1. The third-order valence-electron chi connectivity index (χ3n) is 4.23. The number of carbonyl (C=O) groups is 1. The summed E-state index contributed by atoms with van der Waals surface area (Å²) < 4.78 is 0. The Hall–Kier alpha value is -1.80. The first-order chi connectivity index (χ1) is 11.3. The number of halogens is 1. The van der Waals surface area contributed by atoms with Gasteiger partial charge in [0.25, 0.3) is 0 Å². The van der Waals surface area contributed by atoms with E-state index in [-0.39, 0.29) is 17.4 Å². The van der Waals surface area contributed by atoms with Crippen LogP contribution in [0.25, 0.3) is 0 Å². The van der Waals surface area contributed by atoms with E-state index in [4.69, 9.17) is 11.6 Å². The summed E-state index contributed by atoms with van der Waals surface area (Å²) >= 11 is 6.13. The average Bonchev–Trinajstić information content (AvgIpc) is 2.53. The zero-order valence-electron chi connectivity index (χ0n) is 14.9. The van der Waals surface area contributed by atoms with E-state index < -0.39 is 0 Å². The molecule has 0 aliphatic rings. The average molecular weight is 344 g/mol. The van der Waals surface area contributed by atoms with Gasteiger partial charge in [-0.2, -0.15) is 0 Å². The van der Waals surface area contributed by atoms with Crippen LogP contribution in [0, 0.1) is 0 Å². The Morgan fingerprint density at radius 1 is 1.08 bits per heavy atom. The molecule has 0 fully saturated rings. The van der Waals surface area contributed by atoms with E-state index in [2.05, 4.69) is 50.4 Å². The number of rotatable bonds is 5. The molecule has 0 saturated heterocycles. The van der Waals surface area contributed by atoms with Gasteiger partial charge in [0.2, 0.25) is 5.91 Å². The summed E-state index contributed by atoms with van der Waals surface area (Å²) in [6.45, 7) is 8.60. The molecule has 0 spiro atoms. The van der Waals surface area contributed by atoms with E-state index in [9.17, 15) is 4.79 Å². The molecule has 2 nitrogen and oxygen atoms in total. The molecule has 1 amide bonds. The monoisotopic (exact) mass is 343 g/mol. The van der Waals surface area contributed by atoms with Crippen molar-refractivity contribution in [2.24, 2.45) is 0 Å². The Morgan fingerprint density at radius 2 is 1.71 bits per heavy atom. The third kappa shape index (κ3) is 5.10. The van der Waals surface area contributed by atoms with Gasteiger partial charge in [0, 0.05) is 11.4 Å². The van der Waals surface area contributed by atoms with Gasteiger partial charge >= 0.3 is 0 Å². The first kappa shape index (κ1) is 18.5. The van der Waals surface area contributed by atoms with E-state index in [1.54, 1.807) is 0 Å². The minimum Gasteiger partial charge on any atom is -0.350 e. The van der Waals surface area contributed by atoms with Crippen molar-refractivity contribution in [1.82, 2.24) is 5.32 Å². The van der Waals surface area contributed by atoms with Crippen LogP contribution in [0.5, 0.6) is 0 Å². The van der Waals surface area contributed by atoms with Crippen LogP contribution in [0.15, 0.2) is 48.5 Å². The molecule has 1 atom stereocenters. The van der Waals surface area contributed by atoms with Gasteiger partial charge in [-0.1, -0.05) is 74.8 Å². The fourth-order valence-corrected chi connectivity index (χ4v) is 2.85. The van der Waals surface area contributed by atoms with Crippen LogP contribution < -0.4 is 5.32 Å². The summed E-state index contributed by atoms with van der Waals surface area (Å²) in [6, 6.07) is 16.1. The number of amides is 1. The zero-order chi connectivity index (χ0) is 17.7. The van der Waals surface area contributed by atoms with Crippen LogP contribution in [-0.2, 0) is 16.6 Å². The molecule has 2 aromatic rings. The van der Waals surface area contributed by atoms with Gasteiger partial charge in [0.1, 0.15) is 0 Å². The molecule has 0 aliphatic heterocycles. The van der Waals surface area contributed by atoms with Crippen LogP contribution in [0.3, 0.4) is 0 Å². The summed E-state index contributed by atoms with van der Waals surface area (Å²) in [4.78, 5) is 12.2. The van der Waals surface area contributed by atoms with Crippen LogP contribution in [0.4, 0.5) is 0 Å². The van der Waals surface area contributed by atoms with E-state index >= 15 is 0 Å². The van der Waals surface area contributed by atoms with E-state index in [1.807, 2.05) is 31.2 Å². The highest BCUT2D eigenvalue weighted by Crippen LogP contribution is 2.24. The Morgan fingerprint density at radius 3 is 2.29 bits per heavy atom. The van der Waals surface area contributed by atoms with Gasteiger partial charge in [-0.3, -0.25) is 4.79 Å². The highest BCUT2D eigenvalue weighted by Gasteiger charge is 2.15. The minimum absolute atomic E-state index is 0.00207. The van der Waals surface area contributed by atoms with Crippen molar-refractivity contribution in [2.75, 3.05) is 0 Å². The number of aryl methyl sites for hydroxylation is 1. The first-order valence-electron chi connectivity index (χ1n) is 8.40. The fraction of sp³-hybridized carbons (Fsp3) is 0.381. The van der Waals surface area contributed by atoms with Crippen LogP contribution in [0.2, 0.25) is 5.02 Å². The quantitative estimate of drug-likeness (QED) is 0.768.